The molecule has 2 bridgehead atoms. The Balaban J connectivity index is 2.18. The van der Waals surface area contributed by atoms with Crippen molar-refractivity contribution in [3.63, 3.8) is 0 Å². The number of allylic oxidation sites excluding steroid dienone is 1. The van der Waals surface area contributed by atoms with Crippen LogP contribution in [0.1, 0.15) is 118 Å². The van der Waals surface area contributed by atoms with Gasteiger partial charge in [-0.1, -0.05) is 59.1 Å². The molecule has 1 fully saturated rings. The highest BCUT2D eigenvalue weighted by Gasteiger charge is 2.44. The van der Waals surface area contributed by atoms with Gasteiger partial charge >= 0.3 is 5.97 Å². The third-order valence-corrected chi connectivity index (χ3v) is 9.34. The zero-order valence-corrected chi connectivity index (χ0v) is 28.4. The number of esters is 1. The van der Waals surface area contributed by atoms with E-state index in [4.69, 9.17) is 14.2 Å². The number of nitrogens with one attached hydrogen (secondary N) is 1. The predicted molar refractivity (Wildman–Crippen MR) is 172 cm³/mol. The van der Waals surface area contributed by atoms with Crippen LogP contribution in [0.4, 0.5) is 0 Å². The summed E-state index contributed by atoms with van der Waals surface area (Å²) in [6.45, 7) is 7.88. The van der Waals surface area contributed by atoms with Crippen molar-refractivity contribution in [2.75, 3.05) is 20.3 Å². The number of Topliss-reactive ketones (excluding diaryl/α,β-unsaturated/α-hetero) is 1. The van der Waals surface area contributed by atoms with Gasteiger partial charge in [0, 0.05) is 32.9 Å². The molecule has 2 aliphatic rings. The summed E-state index contributed by atoms with van der Waals surface area (Å²) in [6, 6.07) is 0. The molecule has 2 aliphatic heterocycles. The highest BCUT2D eigenvalue weighted by Crippen LogP contribution is 2.33. The van der Waals surface area contributed by atoms with Crippen molar-refractivity contribution in [3.8, 4) is 0 Å². The van der Waals surface area contributed by atoms with E-state index in [9.17, 15) is 29.7 Å². The SMILES string of the molecule is CCC[C@@H]1OC(=O)[C@@H](C)C[C@@H](C)CCCCC(=O)CCC[C@@H](CC)/C=C/[C@H]2O[C@@H](CC[C@@]2(O)COC)[C@H](O)C[C@H](O)CNC1=O. The number of aliphatic hydroxyl groups is 3. The van der Waals surface area contributed by atoms with Gasteiger partial charge in [-0.25, -0.2) is 0 Å². The molecule has 1 amide bonds. The fourth-order valence-corrected chi connectivity index (χ4v) is 6.45. The van der Waals surface area contributed by atoms with Crippen LogP contribution in [0.2, 0.25) is 0 Å². The predicted octanol–water partition coefficient (Wildman–Crippen LogP) is 4.41. The summed E-state index contributed by atoms with van der Waals surface area (Å²) < 4.78 is 17.1. The molecule has 0 aliphatic carbocycles. The summed E-state index contributed by atoms with van der Waals surface area (Å²) in [4.78, 5) is 38.3. The summed E-state index contributed by atoms with van der Waals surface area (Å²) >= 11 is 0. The van der Waals surface area contributed by atoms with Crippen LogP contribution >= 0.6 is 0 Å². The number of hydrogen-bond acceptors (Lipinski definition) is 9. The molecule has 0 unspecified atom stereocenters. The number of β-amino-alcohol motifs (C(OH)–C–C–N with tert-alkyl or cyclic N) is 1. The van der Waals surface area contributed by atoms with Crippen molar-refractivity contribution in [2.45, 2.75) is 154 Å². The molecule has 0 spiro atoms. The molecule has 2 rings (SSSR count). The quantitative estimate of drug-likeness (QED) is 0.253. The highest BCUT2D eigenvalue weighted by atomic mass is 16.6. The van der Waals surface area contributed by atoms with E-state index in [0.717, 1.165) is 38.5 Å². The fraction of sp³-hybridized carbons (Fsp3) is 0.857. The minimum Gasteiger partial charge on any atom is -0.452 e. The summed E-state index contributed by atoms with van der Waals surface area (Å²) in [5.74, 6) is -0.491. The van der Waals surface area contributed by atoms with E-state index >= 15 is 0 Å². The van der Waals surface area contributed by atoms with E-state index in [2.05, 4.69) is 19.2 Å². The smallest absolute Gasteiger partial charge is 0.309 e. The third-order valence-electron chi connectivity index (χ3n) is 9.34. The van der Waals surface area contributed by atoms with Crippen LogP contribution in [0, 0.1) is 17.8 Å². The van der Waals surface area contributed by atoms with E-state index in [1.165, 1.54) is 7.11 Å². The Bertz CT molecular complexity index is 927. The summed E-state index contributed by atoms with van der Waals surface area (Å²) in [6.07, 6.45) is 8.11. The van der Waals surface area contributed by atoms with E-state index in [0.29, 0.717) is 44.9 Å². The van der Waals surface area contributed by atoms with Gasteiger partial charge in [0.05, 0.1) is 30.8 Å². The van der Waals surface area contributed by atoms with Crippen molar-refractivity contribution in [2.24, 2.45) is 17.8 Å². The van der Waals surface area contributed by atoms with Crippen molar-refractivity contribution in [1.82, 2.24) is 5.32 Å². The van der Waals surface area contributed by atoms with Gasteiger partial charge in [0.15, 0.2) is 6.10 Å². The molecule has 4 N–H and O–H groups in total. The Morgan fingerprint density at radius 3 is 2.42 bits per heavy atom. The maximum atomic E-state index is 12.9. The van der Waals surface area contributed by atoms with Crippen LogP contribution in [0.5, 0.6) is 0 Å². The Labute approximate surface area is 270 Å². The molecule has 9 atom stereocenters. The summed E-state index contributed by atoms with van der Waals surface area (Å²) in [7, 11) is 1.52. The first kappa shape index (κ1) is 39.3. The van der Waals surface area contributed by atoms with Gasteiger partial charge in [-0.15, -0.1) is 0 Å². The van der Waals surface area contributed by atoms with Crippen LogP contribution in [-0.2, 0) is 28.6 Å². The minimum absolute atomic E-state index is 0.0388. The number of hydrogen-bond donors (Lipinski definition) is 4. The lowest BCUT2D eigenvalue weighted by Gasteiger charge is -2.43. The lowest BCUT2D eigenvalue weighted by atomic mass is 9.84. The first-order valence-corrected chi connectivity index (χ1v) is 17.3. The number of rotatable bonds is 5. The monoisotopic (exact) mass is 639 g/mol. The van der Waals surface area contributed by atoms with Crippen molar-refractivity contribution in [1.29, 1.82) is 0 Å². The molecule has 0 saturated carbocycles. The van der Waals surface area contributed by atoms with Crippen LogP contribution in [0.3, 0.4) is 0 Å². The van der Waals surface area contributed by atoms with Gasteiger partial charge in [0.2, 0.25) is 0 Å². The molecule has 0 aromatic rings. The van der Waals surface area contributed by atoms with Gasteiger partial charge in [-0.05, 0) is 63.2 Å². The number of cyclic esters (lactones) is 1. The standard InChI is InChI=1S/C35H61NO9/c1-6-11-31-33(40)36-22-28(38)21-29(39)30-18-19-35(42,23-43-5)32(44-30)17-16-26(7-2)13-10-15-27(37)14-9-8-12-24(3)20-25(4)34(41)45-31/h16-17,24-26,28-32,38-39,42H,6-15,18-23H2,1-5H3,(H,36,40)/b17-16+/t24-,25-,26+,28-,29+,30-,31-,32+,35+/m0/s1. The number of aliphatic hydroxyl groups excluding tert-OH is 2. The molecule has 0 radical (unpaired) electrons. The van der Waals surface area contributed by atoms with Gasteiger partial charge in [0.1, 0.15) is 17.5 Å². The molecule has 45 heavy (non-hydrogen) atoms. The first-order chi connectivity index (χ1) is 21.4. The fourth-order valence-electron chi connectivity index (χ4n) is 6.45. The molecule has 10 heteroatoms. The second kappa shape index (κ2) is 20.4. The Hall–Kier alpha value is -1.85. The number of ketones is 1. The molecule has 1 saturated heterocycles. The first-order valence-electron chi connectivity index (χ1n) is 17.3. The van der Waals surface area contributed by atoms with Crippen LogP contribution in [-0.4, -0.2) is 89.4 Å². The molecular weight excluding hydrogens is 578 g/mol. The largest absolute Gasteiger partial charge is 0.452 e. The van der Waals surface area contributed by atoms with E-state index in [1.807, 2.05) is 26.0 Å². The Morgan fingerprint density at radius 2 is 1.73 bits per heavy atom. The molecular formula is C35H61NO9. The van der Waals surface area contributed by atoms with Crippen LogP contribution < -0.4 is 5.32 Å². The second-order valence-corrected chi connectivity index (χ2v) is 13.6. The van der Waals surface area contributed by atoms with E-state index in [1.54, 1.807) is 0 Å². The normalized spacial score (nSPS) is 36.9. The van der Waals surface area contributed by atoms with Gasteiger partial charge in [-0.3, -0.25) is 14.4 Å². The molecule has 0 aromatic heterocycles. The second-order valence-electron chi connectivity index (χ2n) is 13.6. The molecule has 0 aromatic carbocycles. The van der Waals surface area contributed by atoms with E-state index < -0.39 is 48.0 Å². The molecule has 10 nitrogen and oxygen atoms in total. The van der Waals surface area contributed by atoms with Crippen molar-refractivity contribution < 1.29 is 43.9 Å². The summed E-state index contributed by atoms with van der Waals surface area (Å²) in [5, 5.41) is 35.7. The minimum atomic E-state index is -1.26. The highest BCUT2D eigenvalue weighted by molar-refractivity contribution is 5.84. The van der Waals surface area contributed by atoms with Gasteiger partial charge < -0.3 is 34.8 Å². The average molecular weight is 640 g/mol. The number of ether oxygens (including phenoxy) is 3. The Kier molecular flexibility index (Phi) is 17.8. The van der Waals surface area contributed by atoms with Crippen LogP contribution in [0.25, 0.3) is 0 Å². The number of carbonyl (C=O) groups is 3. The summed E-state index contributed by atoms with van der Waals surface area (Å²) in [5.41, 5.74) is -1.26. The van der Waals surface area contributed by atoms with E-state index in [-0.39, 0.29) is 43.1 Å². The zero-order valence-electron chi connectivity index (χ0n) is 28.4. The Morgan fingerprint density at radius 1 is 1.00 bits per heavy atom. The third kappa shape index (κ3) is 13.8. The zero-order chi connectivity index (χ0) is 33.4. The maximum Gasteiger partial charge on any atom is 0.309 e. The van der Waals surface area contributed by atoms with Gasteiger partial charge in [0.25, 0.3) is 5.91 Å². The molecule has 260 valence electrons. The lowest BCUT2D eigenvalue weighted by Crippen LogP contribution is -2.54. The average Bonchev–Trinajstić information content (AvgIpc) is 2.99. The van der Waals surface area contributed by atoms with Crippen LogP contribution in [0.15, 0.2) is 12.2 Å². The number of fused-ring (bicyclic) bond motifs is 2. The number of amides is 1. The molecule has 2 heterocycles. The van der Waals surface area contributed by atoms with Crippen molar-refractivity contribution in [3.05, 3.63) is 12.2 Å². The van der Waals surface area contributed by atoms with Gasteiger partial charge in [-0.2, -0.15) is 0 Å². The number of carbonyl (C=O) groups excluding carboxylic acids is 3. The number of methoxy groups -OCH3 is 1. The topological polar surface area (TPSA) is 152 Å². The van der Waals surface area contributed by atoms with Crippen molar-refractivity contribution >= 4 is 17.7 Å². The lowest BCUT2D eigenvalue weighted by molar-refractivity contribution is -0.198. The maximum absolute atomic E-state index is 12.9.